The predicted octanol–water partition coefficient (Wildman–Crippen LogP) is 3.72. The molecule has 3 aromatic rings. The van der Waals surface area contributed by atoms with Gasteiger partial charge in [-0.3, -0.25) is 9.59 Å². The summed E-state index contributed by atoms with van der Waals surface area (Å²) >= 11 is 1.72. The molecule has 2 aromatic carbocycles. The van der Waals surface area contributed by atoms with Crippen molar-refractivity contribution in [3.63, 3.8) is 0 Å². The molecule has 1 heterocycles. The van der Waals surface area contributed by atoms with E-state index in [9.17, 15) is 9.59 Å². The number of carbonyl (C=O) groups excluding carboxylic acids is 2. The van der Waals surface area contributed by atoms with Crippen molar-refractivity contribution in [1.29, 1.82) is 0 Å². The molecule has 0 aliphatic heterocycles. The van der Waals surface area contributed by atoms with Crippen molar-refractivity contribution in [3.05, 3.63) is 83.2 Å². The number of nitrogens with zero attached hydrogens (tertiary/aromatic N) is 2. The molecule has 0 radical (unpaired) electrons. The Hall–Kier alpha value is -2.86. The maximum Gasteiger partial charge on any atom is 0.292 e. The van der Waals surface area contributed by atoms with Crippen LogP contribution in [0.4, 0.5) is 0 Å². The summed E-state index contributed by atoms with van der Waals surface area (Å²) in [5, 5.41) is 7.16. The number of Topliss-reactive ketones (excluding diaryl/α,β-unsaturated/α-hetero) is 1. The molecule has 0 fully saturated rings. The molecule has 1 amide bonds. The van der Waals surface area contributed by atoms with E-state index in [1.165, 1.54) is 5.56 Å². The third-order valence-corrected chi connectivity index (χ3v) is 5.40. The van der Waals surface area contributed by atoms with Crippen molar-refractivity contribution in [1.82, 2.24) is 15.1 Å². The molecular formula is C22H23N3O2S. The highest BCUT2D eigenvalue weighted by Crippen LogP contribution is 2.18. The van der Waals surface area contributed by atoms with E-state index in [0.29, 0.717) is 23.5 Å². The minimum Gasteiger partial charge on any atom is -0.348 e. The monoisotopic (exact) mass is 393 g/mol. The standard InChI is InChI=1S/C22H23N3O2S/c1-16-20(17(2)25(24-16)19-11-7-4-8-12-19)21(26)22(27)23-13-14-28-15-18-9-5-3-6-10-18/h3-12H,13-15H2,1-2H3,(H,23,27). The second kappa shape index (κ2) is 9.37. The quantitative estimate of drug-likeness (QED) is 0.360. The molecule has 6 heteroatoms. The van der Waals surface area contributed by atoms with Gasteiger partial charge < -0.3 is 5.32 Å². The van der Waals surface area contributed by atoms with E-state index in [-0.39, 0.29) is 0 Å². The molecule has 1 N–H and O–H groups in total. The van der Waals surface area contributed by atoms with Gasteiger partial charge in [-0.05, 0) is 31.5 Å². The number of hydrogen-bond donors (Lipinski definition) is 1. The maximum absolute atomic E-state index is 12.6. The number of thioether (sulfide) groups is 1. The summed E-state index contributed by atoms with van der Waals surface area (Å²) in [6.07, 6.45) is 0. The van der Waals surface area contributed by atoms with Crippen LogP contribution in [0.15, 0.2) is 60.7 Å². The highest BCUT2D eigenvalue weighted by atomic mass is 32.2. The van der Waals surface area contributed by atoms with Gasteiger partial charge in [0.15, 0.2) is 0 Å². The zero-order valence-electron chi connectivity index (χ0n) is 16.0. The predicted molar refractivity (Wildman–Crippen MR) is 113 cm³/mol. The average molecular weight is 394 g/mol. The Morgan fingerprint density at radius 2 is 1.64 bits per heavy atom. The summed E-state index contributed by atoms with van der Waals surface area (Å²) in [7, 11) is 0. The van der Waals surface area contributed by atoms with Gasteiger partial charge in [-0.15, -0.1) is 0 Å². The van der Waals surface area contributed by atoms with E-state index in [4.69, 9.17) is 0 Å². The number of aryl methyl sites for hydroxylation is 1. The first kappa shape index (κ1) is 19.9. The molecule has 144 valence electrons. The number of rotatable bonds is 8. The number of hydrogen-bond acceptors (Lipinski definition) is 4. The van der Waals surface area contributed by atoms with Gasteiger partial charge in [-0.1, -0.05) is 48.5 Å². The fourth-order valence-electron chi connectivity index (χ4n) is 2.99. The smallest absolute Gasteiger partial charge is 0.292 e. The molecule has 1 aromatic heterocycles. The largest absolute Gasteiger partial charge is 0.348 e. The van der Waals surface area contributed by atoms with E-state index in [0.717, 1.165) is 17.2 Å². The van der Waals surface area contributed by atoms with E-state index >= 15 is 0 Å². The SMILES string of the molecule is Cc1nn(-c2ccccc2)c(C)c1C(=O)C(=O)NCCSCc1ccccc1. The topological polar surface area (TPSA) is 64.0 Å². The van der Waals surface area contributed by atoms with Gasteiger partial charge in [0.25, 0.3) is 11.7 Å². The fourth-order valence-corrected chi connectivity index (χ4v) is 3.81. The van der Waals surface area contributed by atoms with Gasteiger partial charge in [-0.25, -0.2) is 4.68 Å². The molecule has 0 unspecified atom stereocenters. The summed E-state index contributed by atoms with van der Waals surface area (Å²) < 4.78 is 1.70. The van der Waals surface area contributed by atoms with E-state index in [1.54, 1.807) is 23.4 Å². The Bertz CT molecular complexity index is 953. The van der Waals surface area contributed by atoms with E-state index in [2.05, 4.69) is 22.5 Å². The van der Waals surface area contributed by atoms with Gasteiger partial charge in [-0.2, -0.15) is 16.9 Å². The number of nitrogens with one attached hydrogen (secondary N) is 1. The maximum atomic E-state index is 12.6. The average Bonchev–Trinajstić information content (AvgIpc) is 3.02. The van der Waals surface area contributed by atoms with Gasteiger partial charge >= 0.3 is 0 Å². The first-order chi connectivity index (χ1) is 13.6. The normalized spacial score (nSPS) is 10.6. The minimum atomic E-state index is -0.584. The Labute approximate surface area is 169 Å². The molecule has 28 heavy (non-hydrogen) atoms. The Morgan fingerprint density at radius 1 is 1.00 bits per heavy atom. The molecule has 0 atom stereocenters. The van der Waals surface area contributed by atoms with Gasteiger partial charge in [0.2, 0.25) is 0 Å². The van der Waals surface area contributed by atoms with Crippen molar-refractivity contribution in [2.75, 3.05) is 12.3 Å². The summed E-state index contributed by atoms with van der Waals surface area (Å²) in [6.45, 7) is 4.01. The zero-order valence-corrected chi connectivity index (χ0v) is 16.8. The van der Waals surface area contributed by atoms with Crippen LogP contribution in [-0.4, -0.2) is 33.8 Å². The van der Waals surface area contributed by atoms with E-state index < -0.39 is 11.7 Å². The van der Waals surface area contributed by atoms with Crippen molar-refractivity contribution in [2.24, 2.45) is 0 Å². The van der Waals surface area contributed by atoms with Crippen LogP contribution in [0.25, 0.3) is 5.69 Å². The van der Waals surface area contributed by atoms with Crippen molar-refractivity contribution < 1.29 is 9.59 Å². The lowest BCUT2D eigenvalue weighted by Crippen LogP contribution is -2.33. The Kier molecular flexibility index (Phi) is 6.66. The van der Waals surface area contributed by atoms with Gasteiger partial charge in [0.05, 0.1) is 22.6 Å². The Balaban J connectivity index is 1.56. The van der Waals surface area contributed by atoms with Crippen LogP contribution in [-0.2, 0) is 10.5 Å². The lowest BCUT2D eigenvalue weighted by molar-refractivity contribution is -0.116. The van der Waals surface area contributed by atoms with Crippen molar-refractivity contribution in [3.8, 4) is 5.69 Å². The van der Waals surface area contributed by atoms with Crippen LogP contribution < -0.4 is 5.32 Å². The third kappa shape index (κ3) is 4.70. The van der Waals surface area contributed by atoms with Crippen LogP contribution in [0.2, 0.25) is 0 Å². The van der Waals surface area contributed by atoms with Crippen LogP contribution in [0, 0.1) is 13.8 Å². The van der Waals surface area contributed by atoms with E-state index in [1.807, 2.05) is 55.5 Å². The minimum absolute atomic E-state index is 0.373. The molecular weight excluding hydrogens is 370 g/mol. The number of carbonyl (C=O) groups is 2. The van der Waals surface area contributed by atoms with Gasteiger partial charge in [0.1, 0.15) is 0 Å². The lowest BCUT2D eigenvalue weighted by atomic mass is 10.1. The molecule has 0 aliphatic carbocycles. The summed E-state index contributed by atoms with van der Waals surface area (Å²) in [6, 6.07) is 19.7. The van der Waals surface area contributed by atoms with Gasteiger partial charge in [0, 0.05) is 18.1 Å². The third-order valence-electron chi connectivity index (χ3n) is 4.37. The second-order valence-electron chi connectivity index (χ2n) is 6.42. The van der Waals surface area contributed by atoms with Crippen molar-refractivity contribution >= 4 is 23.5 Å². The number of para-hydroxylation sites is 1. The lowest BCUT2D eigenvalue weighted by Gasteiger charge is -2.06. The zero-order chi connectivity index (χ0) is 19.9. The second-order valence-corrected chi connectivity index (χ2v) is 7.52. The number of aromatic nitrogens is 2. The molecule has 0 bridgehead atoms. The van der Waals surface area contributed by atoms with Crippen LogP contribution in [0.1, 0.15) is 27.3 Å². The highest BCUT2D eigenvalue weighted by molar-refractivity contribution is 7.98. The molecule has 0 aliphatic rings. The molecule has 0 saturated carbocycles. The molecule has 3 rings (SSSR count). The summed E-state index contributed by atoms with van der Waals surface area (Å²) in [5.41, 5.74) is 3.70. The number of ketones is 1. The molecule has 5 nitrogen and oxygen atoms in total. The summed E-state index contributed by atoms with van der Waals surface area (Å²) in [4.78, 5) is 25.0. The van der Waals surface area contributed by atoms with Crippen LogP contribution in [0.5, 0.6) is 0 Å². The first-order valence-corrected chi connectivity index (χ1v) is 10.3. The van der Waals surface area contributed by atoms with Crippen LogP contribution in [0.3, 0.4) is 0 Å². The summed E-state index contributed by atoms with van der Waals surface area (Å²) in [5.74, 6) is 0.506. The number of benzene rings is 2. The van der Waals surface area contributed by atoms with Crippen LogP contribution >= 0.6 is 11.8 Å². The molecule has 0 spiro atoms. The highest BCUT2D eigenvalue weighted by Gasteiger charge is 2.24. The van der Waals surface area contributed by atoms with Crippen molar-refractivity contribution in [2.45, 2.75) is 19.6 Å². The number of amides is 1. The first-order valence-electron chi connectivity index (χ1n) is 9.13. The Morgan fingerprint density at radius 3 is 2.32 bits per heavy atom. The fraction of sp³-hybridized carbons (Fsp3) is 0.227. The molecule has 0 saturated heterocycles.